The Hall–Kier alpha value is -0.970. The monoisotopic (exact) mass is 399 g/mol. The summed E-state index contributed by atoms with van der Waals surface area (Å²) in [5.41, 5.74) is 7.64. The summed E-state index contributed by atoms with van der Waals surface area (Å²) in [5.74, 6) is 1.78. The fraction of sp³-hybridized carbons (Fsp3) is 0.650. The van der Waals surface area contributed by atoms with Crippen LogP contribution in [0, 0.1) is 17.8 Å². The molecule has 3 aliphatic rings. The standard InChI is InChI=1S/C20H29N3O.2ClH/c21-19-15-5-4-6-16(19)14-17(13-15)20(24)23-11-9-22(10-12-23)18-7-2-1-3-8-18;;/h1-3,7-8,15-17,19H,4-6,9-14,21H2;2*1H. The fourth-order valence-electron chi connectivity index (χ4n) is 5.07. The summed E-state index contributed by atoms with van der Waals surface area (Å²) in [6.45, 7) is 3.58. The molecule has 2 bridgehead atoms. The number of carbonyl (C=O) groups excluding carboxylic acids is 1. The van der Waals surface area contributed by atoms with Crippen molar-refractivity contribution in [3.8, 4) is 0 Å². The Balaban J connectivity index is 0.00000121. The lowest BCUT2D eigenvalue weighted by Gasteiger charge is -2.45. The lowest BCUT2D eigenvalue weighted by atomic mass is 9.65. The van der Waals surface area contributed by atoms with Gasteiger partial charge in [-0.25, -0.2) is 0 Å². The lowest BCUT2D eigenvalue weighted by Crippen LogP contribution is -2.53. The van der Waals surface area contributed by atoms with Gasteiger partial charge in [0.2, 0.25) is 5.91 Å². The van der Waals surface area contributed by atoms with Crippen LogP contribution in [0.2, 0.25) is 0 Å². The first-order chi connectivity index (χ1) is 11.7. The van der Waals surface area contributed by atoms with Gasteiger partial charge in [0.25, 0.3) is 0 Å². The zero-order valence-electron chi connectivity index (χ0n) is 15.3. The van der Waals surface area contributed by atoms with Gasteiger partial charge in [-0.2, -0.15) is 0 Å². The Labute approximate surface area is 169 Å². The molecule has 2 N–H and O–H groups in total. The quantitative estimate of drug-likeness (QED) is 0.829. The number of halogens is 2. The highest BCUT2D eigenvalue weighted by atomic mass is 35.5. The number of rotatable bonds is 2. The van der Waals surface area contributed by atoms with Gasteiger partial charge in [-0.3, -0.25) is 4.79 Å². The van der Waals surface area contributed by atoms with E-state index in [1.807, 2.05) is 6.07 Å². The SMILES string of the molecule is Cl.Cl.NC1C2CCCC1CC(C(=O)N1CCN(c3ccccc3)CC1)C2. The van der Waals surface area contributed by atoms with Crippen molar-refractivity contribution in [2.24, 2.45) is 23.5 Å². The maximum absolute atomic E-state index is 13.0. The number of hydrogen-bond acceptors (Lipinski definition) is 3. The number of nitrogens with zero attached hydrogens (tertiary/aromatic N) is 2. The molecular formula is C20H31Cl2N3O. The van der Waals surface area contributed by atoms with Crippen LogP contribution in [0.25, 0.3) is 0 Å². The number of anilines is 1. The number of hydrogen-bond donors (Lipinski definition) is 1. The van der Waals surface area contributed by atoms with E-state index in [-0.39, 0.29) is 30.7 Å². The number of piperazine rings is 1. The summed E-state index contributed by atoms with van der Waals surface area (Å²) in [4.78, 5) is 17.5. The summed E-state index contributed by atoms with van der Waals surface area (Å²) >= 11 is 0. The molecule has 146 valence electrons. The van der Waals surface area contributed by atoms with Gasteiger partial charge in [-0.1, -0.05) is 24.6 Å². The molecule has 1 saturated heterocycles. The molecule has 3 fully saturated rings. The van der Waals surface area contributed by atoms with Crippen molar-refractivity contribution in [1.82, 2.24) is 4.90 Å². The van der Waals surface area contributed by atoms with Gasteiger partial charge < -0.3 is 15.5 Å². The molecule has 0 radical (unpaired) electrons. The number of amides is 1. The van der Waals surface area contributed by atoms with E-state index in [0.717, 1.165) is 39.0 Å². The van der Waals surface area contributed by atoms with E-state index >= 15 is 0 Å². The predicted octanol–water partition coefficient (Wildman–Crippen LogP) is 3.33. The van der Waals surface area contributed by atoms with Gasteiger partial charge in [0.05, 0.1) is 0 Å². The molecule has 1 aromatic rings. The van der Waals surface area contributed by atoms with Gasteiger partial charge >= 0.3 is 0 Å². The zero-order chi connectivity index (χ0) is 16.5. The second-order valence-electron chi connectivity index (χ2n) is 7.84. The molecule has 4 rings (SSSR count). The number of carbonyl (C=O) groups is 1. The topological polar surface area (TPSA) is 49.6 Å². The number of benzene rings is 1. The van der Waals surface area contributed by atoms with Gasteiger partial charge in [-0.15, -0.1) is 24.8 Å². The molecule has 0 aromatic heterocycles. The first kappa shape index (κ1) is 21.3. The lowest BCUT2D eigenvalue weighted by molar-refractivity contribution is -0.138. The van der Waals surface area contributed by atoms with Gasteiger partial charge in [0.1, 0.15) is 0 Å². The van der Waals surface area contributed by atoms with Crippen LogP contribution in [0.3, 0.4) is 0 Å². The van der Waals surface area contributed by atoms with Crippen molar-refractivity contribution in [1.29, 1.82) is 0 Å². The molecule has 1 aromatic carbocycles. The minimum absolute atomic E-state index is 0. The van der Waals surface area contributed by atoms with Crippen LogP contribution < -0.4 is 10.6 Å². The van der Waals surface area contributed by atoms with Crippen molar-refractivity contribution in [3.63, 3.8) is 0 Å². The Bertz CT molecular complexity index is 564. The molecule has 2 unspecified atom stereocenters. The molecule has 2 saturated carbocycles. The van der Waals surface area contributed by atoms with Crippen LogP contribution in [0.1, 0.15) is 32.1 Å². The van der Waals surface area contributed by atoms with Crippen LogP contribution in [0.4, 0.5) is 5.69 Å². The minimum Gasteiger partial charge on any atom is -0.368 e. The highest BCUT2D eigenvalue weighted by Gasteiger charge is 2.41. The van der Waals surface area contributed by atoms with Crippen LogP contribution in [0.5, 0.6) is 0 Å². The minimum atomic E-state index is 0. The van der Waals surface area contributed by atoms with E-state index < -0.39 is 0 Å². The summed E-state index contributed by atoms with van der Waals surface area (Å²) < 4.78 is 0. The summed E-state index contributed by atoms with van der Waals surface area (Å²) in [6.07, 6.45) is 5.80. The van der Waals surface area contributed by atoms with Crippen LogP contribution >= 0.6 is 24.8 Å². The molecule has 26 heavy (non-hydrogen) atoms. The van der Waals surface area contributed by atoms with Gasteiger partial charge in [0, 0.05) is 43.8 Å². The largest absolute Gasteiger partial charge is 0.368 e. The molecular weight excluding hydrogens is 369 g/mol. The van der Waals surface area contributed by atoms with Crippen molar-refractivity contribution in [2.45, 2.75) is 38.1 Å². The average Bonchev–Trinajstić information content (AvgIpc) is 2.62. The van der Waals surface area contributed by atoms with Crippen molar-refractivity contribution < 1.29 is 4.79 Å². The fourth-order valence-corrected chi connectivity index (χ4v) is 5.07. The van der Waals surface area contributed by atoms with Crippen LogP contribution in [0.15, 0.2) is 30.3 Å². The maximum atomic E-state index is 13.0. The number of fused-ring (bicyclic) bond motifs is 2. The van der Waals surface area contributed by atoms with Gasteiger partial charge in [0.15, 0.2) is 0 Å². The van der Waals surface area contributed by atoms with E-state index in [2.05, 4.69) is 34.1 Å². The van der Waals surface area contributed by atoms with Crippen LogP contribution in [-0.2, 0) is 4.79 Å². The van der Waals surface area contributed by atoms with E-state index in [0.29, 0.717) is 23.8 Å². The third-order valence-corrected chi connectivity index (χ3v) is 6.47. The third-order valence-electron chi connectivity index (χ3n) is 6.47. The summed E-state index contributed by atoms with van der Waals surface area (Å²) in [5, 5.41) is 0. The maximum Gasteiger partial charge on any atom is 0.225 e. The molecule has 2 aliphatic carbocycles. The first-order valence-corrected chi connectivity index (χ1v) is 9.57. The van der Waals surface area contributed by atoms with E-state index in [1.165, 1.54) is 24.9 Å². The van der Waals surface area contributed by atoms with E-state index in [1.54, 1.807) is 0 Å². The Morgan fingerprint density at radius 2 is 1.50 bits per heavy atom. The number of para-hydroxylation sites is 1. The molecule has 1 heterocycles. The summed E-state index contributed by atoms with van der Waals surface area (Å²) in [7, 11) is 0. The van der Waals surface area contributed by atoms with E-state index in [9.17, 15) is 4.79 Å². The predicted molar refractivity (Wildman–Crippen MR) is 111 cm³/mol. The molecule has 4 nitrogen and oxygen atoms in total. The zero-order valence-corrected chi connectivity index (χ0v) is 16.9. The normalized spacial score (nSPS) is 30.8. The Kier molecular flexibility index (Phi) is 7.63. The molecule has 1 amide bonds. The highest BCUT2D eigenvalue weighted by Crippen LogP contribution is 2.42. The van der Waals surface area contributed by atoms with E-state index in [4.69, 9.17) is 5.73 Å². The number of nitrogens with two attached hydrogens (primary N) is 1. The molecule has 2 atom stereocenters. The van der Waals surface area contributed by atoms with Crippen molar-refractivity contribution in [3.05, 3.63) is 30.3 Å². The smallest absolute Gasteiger partial charge is 0.225 e. The second kappa shape index (κ2) is 9.29. The first-order valence-electron chi connectivity index (χ1n) is 9.57. The van der Waals surface area contributed by atoms with Gasteiger partial charge in [-0.05, 0) is 49.7 Å². The molecule has 0 spiro atoms. The van der Waals surface area contributed by atoms with Crippen molar-refractivity contribution in [2.75, 3.05) is 31.1 Å². The summed E-state index contributed by atoms with van der Waals surface area (Å²) in [6, 6.07) is 10.9. The Morgan fingerprint density at radius 1 is 0.923 bits per heavy atom. The molecule has 1 aliphatic heterocycles. The van der Waals surface area contributed by atoms with Crippen LogP contribution in [-0.4, -0.2) is 43.0 Å². The third kappa shape index (κ3) is 4.29. The van der Waals surface area contributed by atoms with Crippen molar-refractivity contribution >= 4 is 36.4 Å². The average molecular weight is 400 g/mol. The Morgan fingerprint density at radius 3 is 2.08 bits per heavy atom. The second-order valence-corrected chi connectivity index (χ2v) is 7.84. The molecule has 6 heteroatoms. The highest BCUT2D eigenvalue weighted by molar-refractivity contribution is 5.85.